The van der Waals surface area contributed by atoms with E-state index in [9.17, 15) is 9.18 Å². The number of carbonyl (C=O) groups excluding carboxylic acids is 1. The number of halogens is 1. The maximum Gasteiger partial charge on any atom is 0.274 e. The lowest BCUT2D eigenvalue weighted by Gasteiger charge is -2.22. The van der Waals surface area contributed by atoms with Crippen molar-refractivity contribution in [2.45, 2.75) is 26.4 Å². The highest BCUT2D eigenvalue weighted by Gasteiger charge is 2.27. The van der Waals surface area contributed by atoms with Gasteiger partial charge in [-0.2, -0.15) is 0 Å². The zero-order valence-corrected chi connectivity index (χ0v) is 18.2. The zero-order valence-electron chi connectivity index (χ0n) is 18.2. The summed E-state index contributed by atoms with van der Waals surface area (Å²) < 4.78 is 21.9. The fourth-order valence-corrected chi connectivity index (χ4v) is 4.67. The first-order valence-corrected chi connectivity index (χ1v) is 10.8. The van der Waals surface area contributed by atoms with Crippen LogP contribution in [-0.4, -0.2) is 43.8 Å². The number of aryl methyl sites for hydroxylation is 1. The number of amides is 1. The third kappa shape index (κ3) is 3.03. The average molecular weight is 444 g/mol. The number of pyridine rings is 1. The van der Waals surface area contributed by atoms with Gasteiger partial charge in [0.15, 0.2) is 5.69 Å². The lowest BCUT2D eigenvalue weighted by atomic mass is 9.99. The number of imidazole rings is 1. The normalized spacial score (nSPS) is 14.5. The number of nitrogens with zero attached hydrogens (tertiary/aromatic N) is 5. The molecule has 1 aromatic carbocycles. The summed E-state index contributed by atoms with van der Waals surface area (Å²) in [4.78, 5) is 28.3. The molecule has 0 aliphatic carbocycles. The van der Waals surface area contributed by atoms with Gasteiger partial charge >= 0.3 is 0 Å². The molecule has 33 heavy (non-hydrogen) atoms. The van der Waals surface area contributed by atoms with Gasteiger partial charge in [-0.3, -0.25) is 14.2 Å². The number of hydrogen-bond acceptors (Lipinski definition) is 6. The molecule has 166 valence electrons. The molecule has 8 nitrogen and oxygen atoms in total. The molecule has 0 bridgehead atoms. The summed E-state index contributed by atoms with van der Waals surface area (Å²) in [6.45, 7) is 3.17. The smallest absolute Gasteiger partial charge is 0.274 e. The van der Waals surface area contributed by atoms with Crippen LogP contribution >= 0.6 is 0 Å². The summed E-state index contributed by atoms with van der Waals surface area (Å²) in [5.41, 5.74) is 6.02. The van der Waals surface area contributed by atoms with Gasteiger partial charge in [0.25, 0.3) is 5.91 Å². The first-order valence-electron chi connectivity index (χ1n) is 10.8. The van der Waals surface area contributed by atoms with Gasteiger partial charge in [0, 0.05) is 66.9 Å². The third-order valence-corrected chi connectivity index (χ3v) is 6.30. The second-order valence-corrected chi connectivity index (χ2v) is 8.41. The Kier molecular flexibility index (Phi) is 4.33. The highest BCUT2D eigenvalue weighted by molar-refractivity contribution is 6.04. The Hall–Kier alpha value is -4.01. The number of anilines is 1. The van der Waals surface area contributed by atoms with Crippen LogP contribution < -0.4 is 10.1 Å². The van der Waals surface area contributed by atoms with Gasteiger partial charge in [0.05, 0.1) is 12.1 Å². The molecule has 5 heterocycles. The van der Waals surface area contributed by atoms with Crippen LogP contribution in [0.3, 0.4) is 0 Å². The molecule has 2 aliphatic heterocycles. The molecule has 0 radical (unpaired) electrons. The van der Waals surface area contributed by atoms with Gasteiger partial charge in [-0.15, -0.1) is 0 Å². The second-order valence-electron chi connectivity index (χ2n) is 8.41. The van der Waals surface area contributed by atoms with Gasteiger partial charge in [0.2, 0.25) is 5.95 Å². The molecular weight excluding hydrogens is 423 g/mol. The third-order valence-electron chi connectivity index (χ3n) is 6.30. The number of hydrogen-bond donors (Lipinski definition) is 1. The summed E-state index contributed by atoms with van der Waals surface area (Å²) in [7, 11) is 1.76. The second kappa shape index (κ2) is 7.26. The number of nitrogens with one attached hydrogen (secondary N) is 1. The summed E-state index contributed by atoms with van der Waals surface area (Å²) in [5.74, 6) is 0.746. The molecule has 0 spiro atoms. The Morgan fingerprint density at radius 3 is 2.91 bits per heavy atom. The number of aromatic nitrogens is 4. The maximum absolute atomic E-state index is 14.6. The van der Waals surface area contributed by atoms with Crippen molar-refractivity contribution in [2.24, 2.45) is 0 Å². The minimum absolute atomic E-state index is 0.167. The van der Waals surface area contributed by atoms with Crippen LogP contribution in [0.15, 0.2) is 36.9 Å². The number of carbonyl (C=O) groups is 1. The van der Waals surface area contributed by atoms with Crippen molar-refractivity contribution >= 4 is 17.4 Å². The minimum atomic E-state index is -0.285. The molecule has 0 unspecified atom stereocenters. The van der Waals surface area contributed by atoms with E-state index in [0.717, 1.165) is 33.7 Å². The van der Waals surface area contributed by atoms with Crippen molar-refractivity contribution in [3.63, 3.8) is 0 Å². The SMILES string of the molecule is Cc1cc2c(cn1)-c1cnc(NCc3c(F)ccc4c3CCO4)n3cnc(c13)C(=O)N(C)C2. The number of benzene rings is 1. The van der Waals surface area contributed by atoms with E-state index >= 15 is 0 Å². The molecule has 0 atom stereocenters. The van der Waals surface area contributed by atoms with Crippen molar-refractivity contribution in [2.75, 3.05) is 19.0 Å². The Morgan fingerprint density at radius 2 is 2.03 bits per heavy atom. The van der Waals surface area contributed by atoms with Crippen LogP contribution in [0.4, 0.5) is 10.3 Å². The number of rotatable bonds is 3. The van der Waals surface area contributed by atoms with Crippen LogP contribution in [0.1, 0.15) is 32.9 Å². The van der Waals surface area contributed by atoms with E-state index in [2.05, 4.69) is 20.3 Å². The van der Waals surface area contributed by atoms with Gasteiger partial charge < -0.3 is 15.0 Å². The number of fused-ring (bicyclic) bond motifs is 3. The molecule has 9 heteroatoms. The Morgan fingerprint density at radius 1 is 1.18 bits per heavy atom. The average Bonchev–Trinajstić information content (AvgIpc) is 3.45. The van der Waals surface area contributed by atoms with Gasteiger partial charge in [-0.05, 0) is 30.7 Å². The Labute approximate surface area is 189 Å². The standard InChI is InChI=1S/C24H21FN6O2/c1-13-7-14-11-30(2)23(32)21-22-18(16(14)8-26-13)10-28-24(31(22)12-29-21)27-9-17-15-5-6-33-20(15)4-3-19(17)25/h3-4,7-8,10,12H,5-6,9,11H2,1-2H3,(H,27,28). The van der Waals surface area contributed by atoms with Crippen molar-refractivity contribution in [1.29, 1.82) is 0 Å². The lowest BCUT2D eigenvalue weighted by molar-refractivity contribution is 0.0781. The molecular formula is C24H21FN6O2. The van der Waals surface area contributed by atoms with Crippen LogP contribution in [0.2, 0.25) is 0 Å². The van der Waals surface area contributed by atoms with E-state index in [4.69, 9.17) is 4.74 Å². The van der Waals surface area contributed by atoms with Crippen LogP contribution in [0.5, 0.6) is 5.75 Å². The molecule has 2 aliphatic rings. The zero-order chi connectivity index (χ0) is 22.7. The van der Waals surface area contributed by atoms with Gasteiger partial charge in [-0.1, -0.05) is 0 Å². The Balaban J connectivity index is 1.47. The summed E-state index contributed by atoms with van der Waals surface area (Å²) >= 11 is 0. The topological polar surface area (TPSA) is 84.6 Å². The van der Waals surface area contributed by atoms with Crippen molar-refractivity contribution in [1.82, 2.24) is 24.3 Å². The summed E-state index contributed by atoms with van der Waals surface area (Å²) in [5, 5.41) is 3.23. The number of ether oxygens (including phenoxy) is 1. The largest absolute Gasteiger partial charge is 0.493 e. The molecule has 6 rings (SSSR count). The van der Waals surface area contributed by atoms with Crippen LogP contribution in [0.25, 0.3) is 16.6 Å². The highest BCUT2D eigenvalue weighted by atomic mass is 19.1. The molecule has 1 amide bonds. The van der Waals surface area contributed by atoms with E-state index in [1.54, 1.807) is 34.9 Å². The monoisotopic (exact) mass is 444 g/mol. The van der Waals surface area contributed by atoms with Crippen molar-refractivity contribution < 1.29 is 13.9 Å². The van der Waals surface area contributed by atoms with Crippen LogP contribution in [0, 0.1) is 12.7 Å². The molecule has 0 saturated heterocycles. The van der Waals surface area contributed by atoms with E-state index in [-0.39, 0.29) is 18.3 Å². The van der Waals surface area contributed by atoms with E-state index < -0.39 is 0 Å². The highest BCUT2D eigenvalue weighted by Crippen LogP contribution is 2.34. The predicted molar refractivity (Wildman–Crippen MR) is 120 cm³/mol. The van der Waals surface area contributed by atoms with E-state index in [1.165, 1.54) is 6.07 Å². The fourth-order valence-electron chi connectivity index (χ4n) is 4.67. The van der Waals surface area contributed by atoms with E-state index in [0.29, 0.717) is 42.3 Å². The summed E-state index contributed by atoms with van der Waals surface area (Å²) in [6, 6.07) is 5.08. The van der Waals surface area contributed by atoms with Gasteiger partial charge in [0.1, 0.15) is 17.9 Å². The molecule has 3 aromatic heterocycles. The van der Waals surface area contributed by atoms with Crippen LogP contribution in [-0.2, 0) is 19.5 Å². The molecule has 0 fully saturated rings. The predicted octanol–water partition coefficient (Wildman–Crippen LogP) is 3.37. The fraction of sp³-hybridized carbons (Fsp3) is 0.250. The Bertz CT molecular complexity index is 1450. The quantitative estimate of drug-likeness (QED) is 0.522. The lowest BCUT2D eigenvalue weighted by Crippen LogP contribution is -2.28. The van der Waals surface area contributed by atoms with Crippen molar-refractivity contribution in [3.8, 4) is 16.9 Å². The first-order chi connectivity index (χ1) is 16.0. The summed E-state index contributed by atoms with van der Waals surface area (Å²) in [6.07, 6.45) is 5.80. The van der Waals surface area contributed by atoms with E-state index in [1.807, 2.05) is 19.2 Å². The molecule has 0 saturated carbocycles. The minimum Gasteiger partial charge on any atom is -0.493 e. The maximum atomic E-state index is 14.6. The molecule has 4 aromatic rings. The first kappa shape index (κ1) is 19.7. The molecule has 1 N–H and O–H groups in total. The van der Waals surface area contributed by atoms with Gasteiger partial charge in [-0.25, -0.2) is 14.4 Å². The van der Waals surface area contributed by atoms with Crippen molar-refractivity contribution in [3.05, 3.63) is 70.8 Å².